The quantitative estimate of drug-likeness (QED) is 0.707. The van der Waals surface area contributed by atoms with Crippen molar-refractivity contribution in [2.24, 2.45) is 0 Å². The second kappa shape index (κ2) is 3.04. The van der Waals surface area contributed by atoms with E-state index in [2.05, 4.69) is 10.1 Å². The fourth-order valence-corrected chi connectivity index (χ4v) is 3.24. The first-order valence-corrected chi connectivity index (χ1v) is 6.09. The molecule has 0 radical (unpaired) electrons. The van der Waals surface area contributed by atoms with Gasteiger partial charge in [-0.3, -0.25) is 0 Å². The molecule has 15 heavy (non-hydrogen) atoms. The summed E-state index contributed by atoms with van der Waals surface area (Å²) in [4.78, 5) is 5.14. The lowest BCUT2D eigenvalue weighted by Gasteiger charge is -1.90. The molecule has 1 N–H and O–H groups in total. The maximum atomic E-state index is 9.24. The molecular formula is C9H7N3OS2. The van der Waals surface area contributed by atoms with Gasteiger partial charge in [-0.1, -0.05) is 0 Å². The second-order valence-electron chi connectivity index (χ2n) is 3.12. The van der Waals surface area contributed by atoms with Crippen LogP contribution >= 0.6 is 22.7 Å². The smallest absolute Gasteiger partial charge is 0.222 e. The molecule has 3 heterocycles. The average Bonchev–Trinajstić information content (AvgIpc) is 2.81. The van der Waals surface area contributed by atoms with Gasteiger partial charge in [0.25, 0.3) is 0 Å². The Balaban J connectivity index is 2.33. The van der Waals surface area contributed by atoms with E-state index in [9.17, 15) is 5.11 Å². The predicted octanol–water partition coefficient (Wildman–Crippen LogP) is 2.53. The molecule has 0 bridgehead atoms. The molecular weight excluding hydrogens is 230 g/mol. The summed E-state index contributed by atoms with van der Waals surface area (Å²) in [6.45, 7) is 1.95. The van der Waals surface area contributed by atoms with Crippen molar-refractivity contribution in [1.29, 1.82) is 0 Å². The van der Waals surface area contributed by atoms with Gasteiger partial charge in [-0.25, -0.2) is 9.50 Å². The van der Waals surface area contributed by atoms with Crippen LogP contribution in [0.3, 0.4) is 0 Å². The van der Waals surface area contributed by atoms with Crippen molar-refractivity contribution in [1.82, 2.24) is 14.6 Å². The zero-order valence-corrected chi connectivity index (χ0v) is 9.47. The van der Waals surface area contributed by atoms with E-state index < -0.39 is 0 Å². The lowest BCUT2D eigenvalue weighted by atomic mass is 10.3. The minimum Gasteiger partial charge on any atom is -0.493 e. The molecule has 76 valence electrons. The topological polar surface area (TPSA) is 50.4 Å². The van der Waals surface area contributed by atoms with E-state index in [0.29, 0.717) is 0 Å². The fraction of sp³-hybridized carbons (Fsp3) is 0.111. The van der Waals surface area contributed by atoms with E-state index in [1.807, 2.05) is 23.0 Å². The van der Waals surface area contributed by atoms with Gasteiger partial charge in [-0.2, -0.15) is 5.10 Å². The van der Waals surface area contributed by atoms with Gasteiger partial charge in [-0.05, 0) is 6.92 Å². The van der Waals surface area contributed by atoms with Gasteiger partial charge < -0.3 is 5.11 Å². The van der Waals surface area contributed by atoms with Crippen LogP contribution in [0.2, 0.25) is 0 Å². The lowest BCUT2D eigenvalue weighted by molar-refractivity contribution is 0.458. The zero-order valence-electron chi connectivity index (χ0n) is 7.84. The number of hydrogen-bond acceptors (Lipinski definition) is 5. The van der Waals surface area contributed by atoms with Crippen LogP contribution in [0, 0.1) is 6.92 Å². The predicted molar refractivity (Wildman–Crippen MR) is 60.6 cm³/mol. The SMILES string of the molecule is Cc1nn2ccsc2c1-c1nc(O)cs1. The Kier molecular flexibility index (Phi) is 1.80. The fourth-order valence-electron chi connectivity index (χ4n) is 1.52. The van der Waals surface area contributed by atoms with Crippen molar-refractivity contribution in [3.8, 4) is 16.5 Å². The Bertz CT molecular complexity index is 622. The average molecular weight is 237 g/mol. The molecule has 3 aromatic heterocycles. The number of thiazole rings is 2. The first-order chi connectivity index (χ1) is 7.25. The summed E-state index contributed by atoms with van der Waals surface area (Å²) in [6.07, 6.45) is 1.92. The summed E-state index contributed by atoms with van der Waals surface area (Å²) in [5, 5.41) is 18.0. The van der Waals surface area contributed by atoms with Gasteiger partial charge in [0, 0.05) is 11.6 Å². The normalized spacial score (nSPS) is 11.3. The highest BCUT2D eigenvalue weighted by Gasteiger charge is 2.15. The Morgan fingerprint density at radius 2 is 2.27 bits per heavy atom. The third kappa shape index (κ3) is 1.25. The van der Waals surface area contributed by atoms with Crippen molar-refractivity contribution < 1.29 is 5.11 Å². The van der Waals surface area contributed by atoms with Gasteiger partial charge in [0.05, 0.1) is 16.6 Å². The Morgan fingerprint density at radius 1 is 1.40 bits per heavy atom. The molecule has 0 fully saturated rings. The van der Waals surface area contributed by atoms with Crippen LogP contribution in [0.1, 0.15) is 5.69 Å². The highest BCUT2D eigenvalue weighted by atomic mass is 32.1. The van der Waals surface area contributed by atoms with Gasteiger partial charge >= 0.3 is 0 Å². The second-order valence-corrected chi connectivity index (χ2v) is 4.88. The number of aromatic hydroxyl groups is 1. The van der Waals surface area contributed by atoms with E-state index in [1.54, 1.807) is 16.7 Å². The summed E-state index contributed by atoms with van der Waals surface area (Å²) in [7, 11) is 0. The van der Waals surface area contributed by atoms with Crippen LogP contribution < -0.4 is 0 Å². The van der Waals surface area contributed by atoms with Crippen LogP contribution in [0.4, 0.5) is 0 Å². The monoisotopic (exact) mass is 237 g/mol. The van der Waals surface area contributed by atoms with Gasteiger partial charge in [0.1, 0.15) is 9.84 Å². The Morgan fingerprint density at radius 3 is 3.00 bits per heavy atom. The van der Waals surface area contributed by atoms with Crippen molar-refractivity contribution in [3.63, 3.8) is 0 Å². The molecule has 0 saturated heterocycles. The van der Waals surface area contributed by atoms with E-state index in [0.717, 1.165) is 21.1 Å². The van der Waals surface area contributed by atoms with E-state index >= 15 is 0 Å². The van der Waals surface area contributed by atoms with Crippen LogP contribution in [-0.2, 0) is 0 Å². The van der Waals surface area contributed by atoms with Crippen LogP contribution in [0.15, 0.2) is 17.0 Å². The number of nitrogens with zero attached hydrogens (tertiary/aromatic N) is 3. The molecule has 0 unspecified atom stereocenters. The molecule has 0 saturated carbocycles. The third-order valence-electron chi connectivity index (χ3n) is 2.13. The highest BCUT2D eigenvalue weighted by Crippen LogP contribution is 2.34. The van der Waals surface area contributed by atoms with Crippen LogP contribution in [-0.4, -0.2) is 19.7 Å². The molecule has 3 aromatic rings. The molecule has 6 heteroatoms. The number of rotatable bonds is 1. The molecule has 0 aliphatic carbocycles. The molecule has 3 rings (SSSR count). The van der Waals surface area contributed by atoms with E-state index in [4.69, 9.17) is 0 Å². The summed E-state index contributed by atoms with van der Waals surface area (Å²) in [6, 6.07) is 0. The van der Waals surface area contributed by atoms with Crippen molar-refractivity contribution in [2.45, 2.75) is 6.92 Å². The number of aryl methyl sites for hydroxylation is 1. The molecule has 0 amide bonds. The number of fused-ring (bicyclic) bond motifs is 1. The molecule has 0 aliphatic heterocycles. The van der Waals surface area contributed by atoms with Crippen molar-refractivity contribution in [3.05, 3.63) is 22.7 Å². The molecule has 0 aromatic carbocycles. The molecule has 4 nitrogen and oxygen atoms in total. The van der Waals surface area contributed by atoms with Crippen molar-refractivity contribution in [2.75, 3.05) is 0 Å². The maximum absolute atomic E-state index is 9.24. The van der Waals surface area contributed by atoms with Gasteiger partial charge in [0.2, 0.25) is 5.88 Å². The number of aromatic nitrogens is 3. The standard InChI is InChI=1S/C9H7N3OS2/c1-5-7(8-10-6(13)4-15-8)9-12(11-5)2-3-14-9/h2-4,13H,1H3. The first kappa shape index (κ1) is 8.87. The molecule has 0 atom stereocenters. The van der Waals surface area contributed by atoms with Crippen LogP contribution in [0.5, 0.6) is 5.88 Å². The van der Waals surface area contributed by atoms with Crippen molar-refractivity contribution >= 4 is 27.5 Å². The third-order valence-corrected chi connectivity index (χ3v) is 3.85. The van der Waals surface area contributed by atoms with Gasteiger partial charge in [0.15, 0.2) is 0 Å². The van der Waals surface area contributed by atoms with E-state index in [1.165, 1.54) is 11.3 Å². The Labute approximate surface area is 93.5 Å². The lowest BCUT2D eigenvalue weighted by Crippen LogP contribution is -1.78. The summed E-state index contributed by atoms with van der Waals surface area (Å²) in [5.74, 6) is 0.0744. The first-order valence-electron chi connectivity index (χ1n) is 4.33. The largest absolute Gasteiger partial charge is 0.493 e. The minimum absolute atomic E-state index is 0.0744. The Hall–Kier alpha value is -1.40. The highest BCUT2D eigenvalue weighted by molar-refractivity contribution is 7.17. The van der Waals surface area contributed by atoms with Gasteiger partial charge in [-0.15, -0.1) is 22.7 Å². The van der Waals surface area contributed by atoms with Crippen LogP contribution in [0.25, 0.3) is 15.4 Å². The molecule has 0 spiro atoms. The minimum atomic E-state index is 0.0744. The number of hydrogen-bond donors (Lipinski definition) is 1. The molecule has 0 aliphatic rings. The summed E-state index contributed by atoms with van der Waals surface area (Å²) < 4.78 is 1.84. The zero-order chi connectivity index (χ0) is 10.4. The maximum Gasteiger partial charge on any atom is 0.222 e. The summed E-state index contributed by atoms with van der Waals surface area (Å²) in [5.41, 5.74) is 1.96. The van der Waals surface area contributed by atoms with E-state index in [-0.39, 0.29) is 5.88 Å². The summed E-state index contributed by atoms with van der Waals surface area (Å²) >= 11 is 3.06.